The summed E-state index contributed by atoms with van der Waals surface area (Å²) >= 11 is 5.68. The van der Waals surface area contributed by atoms with Crippen LogP contribution in [0.5, 0.6) is 0 Å². The van der Waals surface area contributed by atoms with Crippen LogP contribution in [0.25, 0.3) is 0 Å². The lowest BCUT2D eigenvalue weighted by atomic mass is 9.98. The van der Waals surface area contributed by atoms with Gasteiger partial charge in [0.25, 0.3) is 0 Å². The lowest BCUT2D eigenvalue weighted by molar-refractivity contribution is 0.281. The fourth-order valence-electron chi connectivity index (χ4n) is 2.06. The standard InChI is InChI=1S/C12H15ClN2O/c13-6-3-7-15-8-10-4-1-2-5-11(10)12(9-15)14-16/h1-2,4-5,16H,3,6-9H2/b14-12-. The third-order valence-corrected chi connectivity index (χ3v) is 3.09. The Kier molecular flexibility index (Phi) is 3.80. The lowest BCUT2D eigenvalue weighted by Crippen LogP contribution is -2.36. The van der Waals surface area contributed by atoms with E-state index in [1.165, 1.54) is 5.56 Å². The van der Waals surface area contributed by atoms with Crippen LogP contribution in [0.1, 0.15) is 17.5 Å². The SMILES string of the molecule is O/N=C1/CN(CCCCl)Cc2ccccc21. The molecule has 0 spiro atoms. The van der Waals surface area contributed by atoms with E-state index in [1.807, 2.05) is 18.2 Å². The highest BCUT2D eigenvalue weighted by molar-refractivity contribution is 6.17. The van der Waals surface area contributed by atoms with Gasteiger partial charge in [-0.3, -0.25) is 4.90 Å². The second-order valence-corrected chi connectivity index (χ2v) is 4.33. The van der Waals surface area contributed by atoms with E-state index in [-0.39, 0.29) is 0 Å². The van der Waals surface area contributed by atoms with Gasteiger partial charge in [-0.15, -0.1) is 11.6 Å². The first-order chi connectivity index (χ1) is 7.85. The molecule has 0 fully saturated rings. The Balaban J connectivity index is 2.19. The highest BCUT2D eigenvalue weighted by atomic mass is 35.5. The van der Waals surface area contributed by atoms with Crippen molar-refractivity contribution < 1.29 is 5.21 Å². The summed E-state index contributed by atoms with van der Waals surface area (Å²) in [4.78, 5) is 2.25. The minimum Gasteiger partial charge on any atom is -0.411 e. The zero-order valence-electron chi connectivity index (χ0n) is 9.06. The average Bonchev–Trinajstić information content (AvgIpc) is 2.35. The molecule has 0 aliphatic carbocycles. The van der Waals surface area contributed by atoms with Crippen LogP contribution in [0.4, 0.5) is 0 Å². The topological polar surface area (TPSA) is 35.8 Å². The fraction of sp³-hybridized carbons (Fsp3) is 0.417. The van der Waals surface area contributed by atoms with Gasteiger partial charge >= 0.3 is 0 Å². The zero-order valence-corrected chi connectivity index (χ0v) is 9.82. The third kappa shape index (κ3) is 2.36. The molecule has 4 heteroatoms. The summed E-state index contributed by atoms with van der Waals surface area (Å²) in [6.07, 6.45) is 0.961. The molecule has 0 amide bonds. The van der Waals surface area contributed by atoms with E-state index in [9.17, 15) is 0 Å². The van der Waals surface area contributed by atoms with Gasteiger partial charge in [0.1, 0.15) is 5.71 Å². The summed E-state index contributed by atoms with van der Waals surface area (Å²) in [5.41, 5.74) is 3.03. The predicted octanol–water partition coefficient (Wildman–Crippen LogP) is 2.31. The highest BCUT2D eigenvalue weighted by Crippen LogP contribution is 2.19. The van der Waals surface area contributed by atoms with Crippen LogP contribution in [0.15, 0.2) is 29.4 Å². The molecule has 0 unspecified atom stereocenters. The average molecular weight is 239 g/mol. The fourth-order valence-corrected chi connectivity index (χ4v) is 2.18. The van der Waals surface area contributed by atoms with E-state index in [2.05, 4.69) is 16.1 Å². The molecule has 0 saturated heterocycles. The van der Waals surface area contributed by atoms with Gasteiger partial charge in [0.2, 0.25) is 0 Å². The van der Waals surface area contributed by atoms with Crippen molar-refractivity contribution >= 4 is 17.3 Å². The van der Waals surface area contributed by atoms with Crippen molar-refractivity contribution in [3.05, 3.63) is 35.4 Å². The predicted molar refractivity (Wildman–Crippen MR) is 65.4 cm³/mol. The Morgan fingerprint density at radius 1 is 1.31 bits per heavy atom. The van der Waals surface area contributed by atoms with E-state index in [1.54, 1.807) is 0 Å². The Labute approximate surface area is 100 Å². The molecular formula is C12H15ClN2O. The number of halogens is 1. The first-order valence-electron chi connectivity index (χ1n) is 5.42. The van der Waals surface area contributed by atoms with Crippen molar-refractivity contribution in [3.8, 4) is 0 Å². The van der Waals surface area contributed by atoms with E-state index in [4.69, 9.17) is 16.8 Å². The third-order valence-electron chi connectivity index (χ3n) is 2.82. The van der Waals surface area contributed by atoms with E-state index in [0.717, 1.165) is 30.8 Å². The molecule has 0 saturated carbocycles. The van der Waals surface area contributed by atoms with Gasteiger partial charge in [-0.1, -0.05) is 29.4 Å². The van der Waals surface area contributed by atoms with Crippen LogP contribution < -0.4 is 0 Å². The van der Waals surface area contributed by atoms with Crippen LogP contribution in [0, 0.1) is 0 Å². The monoisotopic (exact) mass is 238 g/mol. The van der Waals surface area contributed by atoms with Crippen LogP contribution in [-0.2, 0) is 6.54 Å². The molecule has 0 bridgehead atoms. The van der Waals surface area contributed by atoms with Gasteiger partial charge in [0.05, 0.1) is 0 Å². The lowest BCUT2D eigenvalue weighted by Gasteiger charge is -2.28. The van der Waals surface area contributed by atoms with Crippen molar-refractivity contribution in [2.75, 3.05) is 19.0 Å². The summed E-state index contributed by atoms with van der Waals surface area (Å²) in [5, 5.41) is 12.4. The molecule has 1 N–H and O–H groups in total. The number of rotatable bonds is 3. The maximum Gasteiger partial charge on any atom is 0.101 e. The first kappa shape index (κ1) is 11.4. The van der Waals surface area contributed by atoms with Crippen LogP contribution in [-0.4, -0.2) is 34.8 Å². The molecule has 0 aromatic heterocycles. The van der Waals surface area contributed by atoms with Crippen molar-refractivity contribution in [1.82, 2.24) is 4.90 Å². The van der Waals surface area contributed by atoms with E-state index in [0.29, 0.717) is 12.4 Å². The minimum atomic E-state index is 0.670. The molecule has 3 nitrogen and oxygen atoms in total. The zero-order chi connectivity index (χ0) is 11.4. The van der Waals surface area contributed by atoms with Crippen LogP contribution in [0.2, 0.25) is 0 Å². The van der Waals surface area contributed by atoms with Gasteiger partial charge in [-0.2, -0.15) is 0 Å². The van der Waals surface area contributed by atoms with Gasteiger partial charge in [-0.25, -0.2) is 0 Å². The second-order valence-electron chi connectivity index (χ2n) is 3.96. The van der Waals surface area contributed by atoms with Gasteiger partial charge in [0.15, 0.2) is 0 Å². The summed E-state index contributed by atoms with van der Waals surface area (Å²) in [7, 11) is 0. The van der Waals surface area contributed by atoms with E-state index >= 15 is 0 Å². The molecule has 1 aliphatic rings. The number of hydrogen-bond donors (Lipinski definition) is 1. The van der Waals surface area contributed by atoms with Crippen molar-refractivity contribution in [1.29, 1.82) is 0 Å². The van der Waals surface area contributed by atoms with Gasteiger partial charge in [-0.05, 0) is 12.0 Å². The van der Waals surface area contributed by atoms with Crippen molar-refractivity contribution in [2.24, 2.45) is 5.16 Å². The normalized spacial score (nSPS) is 18.7. The maximum atomic E-state index is 9.02. The molecule has 1 heterocycles. The van der Waals surface area contributed by atoms with Crippen LogP contribution >= 0.6 is 11.6 Å². The minimum absolute atomic E-state index is 0.670. The number of nitrogens with zero attached hydrogens (tertiary/aromatic N) is 2. The smallest absolute Gasteiger partial charge is 0.101 e. The molecule has 1 aliphatic heterocycles. The van der Waals surface area contributed by atoms with Crippen LogP contribution in [0.3, 0.4) is 0 Å². The van der Waals surface area contributed by atoms with Crippen molar-refractivity contribution in [3.63, 3.8) is 0 Å². The molecule has 16 heavy (non-hydrogen) atoms. The number of hydrogen-bond acceptors (Lipinski definition) is 3. The summed E-state index contributed by atoms with van der Waals surface area (Å²) in [5.74, 6) is 0.670. The van der Waals surface area contributed by atoms with Gasteiger partial charge in [0, 0.05) is 31.1 Å². The molecule has 1 aromatic carbocycles. The Morgan fingerprint density at radius 2 is 2.12 bits per heavy atom. The number of benzene rings is 1. The number of alkyl halides is 1. The maximum absolute atomic E-state index is 9.02. The Hall–Kier alpha value is -1.06. The molecular weight excluding hydrogens is 224 g/mol. The molecule has 86 valence electrons. The molecule has 0 atom stereocenters. The van der Waals surface area contributed by atoms with E-state index < -0.39 is 0 Å². The Morgan fingerprint density at radius 3 is 2.88 bits per heavy atom. The Bertz CT molecular complexity index is 392. The van der Waals surface area contributed by atoms with Gasteiger partial charge < -0.3 is 5.21 Å². The number of fused-ring (bicyclic) bond motifs is 1. The highest BCUT2D eigenvalue weighted by Gasteiger charge is 2.20. The molecule has 1 aromatic rings. The first-order valence-corrected chi connectivity index (χ1v) is 5.96. The second kappa shape index (κ2) is 5.32. The van der Waals surface area contributed by atoms with Crippen molar-refractivity contribution in [2.45, 2.75) is 13.0 Å². The molecule has 2 rings (SSSR count). The summed E-state index contributed by atoms with van der Waals surface area (Å²) < 4.78 is 0. The largest absolute Gasteiger partial charge is 0.411 e. The quantitative estimate of drug-likeness (QED) is 0.498. The summed E-state index contributed by atoms with van der Waals surface area (Å²) in [6.45, 7) is 2.55. The summed E-state index contributed by atoms with van der Waals surface area (Å²) in [6, 6.07) is 8.06. The molecule has 0 radical (unpaired) electrons. The number of oxime groups is 1.